The summed E-state index contributed by atoms with van der Waals surface area (Å²) in [6.07, 6.45) is 0. The molecule has 0 aliphatic heterocycles. The predicted molar refractivity (Wildman–Crippen MR) is 77.2 cm³/mol. The Kier molecular flexibility index (Phi) is 6.57. The highest BCUT2D eigenvalue weighted by Gasteiger charge is 2.13. The third-order valence-corrected chi connectivity index (χ3v) is 4.24. The summed E-state index contributed by atoms with van der Waals surface area (Å²) in [6, 6.07) is 5.20. The van der Waals surface area contributed by atoms with Crippen LogP contribution in [-0.2, 0) is 16.6 Å². The Morgan fingerprint density at radius 2 is 2.11 bits per heavy atom. The predicted octanol–water partition coefficient (Wildman–Crippen LogP) is 1.38. The first-order chi connectivity index (χ1) is 9.00. The van der Waals surface area contributed by atoms with E-state index in [9.17, 15) is 8.42 Å². The van der Waals surface area contributed by atoms with E-state index in [0.717, 1.165) is 6.54 Å². The van der Waals surface area contributed by atoms with Crippen LogP contribution in [0.2, 0.25) is 5.02 Å². The number of ether oxygens (including phenoxy) is 1. The molecule has 5 nitrogen and oxygen atoms in total. The van der Waals surface area contributed by atoms with E-state index in [-0.39, 0.29) is 12.3 Å². The molecule has 19 heavy (non-hydrogen) atoms. The first-order valence-electron chi connectivity index (χ1n) is 5.99. The van der Waals surface area contributed by atoms with Crippen molar-refractivity contribution in [3.05, 3.63) is 28.8 Å². The maximum Gasteiger partial charge on any atom is 0.213 e. The highest BCUT2D eigenvalue weighted by molar-refractivity contribution is 7.89. The van der Waals surface area contributed by atoms with Crippen molar-refractivity contribution >= 4 is 21.6 Å². The fraction of sp³-hybridized carbons (Fsp3) is 0.500. The number of hydrogen-bond donors (Lipinski definition) is 2. The number of nitrogens with one attached hydrogen (secondary N) is 2. The van der Waals surface area contributed by atoms with Crippen molar-refractivity contribution in [2.45, 2.75) is 13.5 Å². The normalized spacial score (nSPS) is 11.5. The van der Waals surface area contributed by atoms with Gasteiger partial charge in [0.15, 0.2) is 0 Å². The van der Waals surface area contributed by atoms with Gasteiger partial charge >= 0.3 is 0 Å². The Balaban J connectivity index is 2.66. The maximum absolute atomic E-state index is 11.8. The molecule has 0 heterocycles. The Labute approximate surface area is 119 Å². The maximum atomic E-state index is 11.8. The number of rotatable bonds is 8. The van der Waals surface area contributed by atoms with E-state index in [0.29, 0.717) is 22.9 Å². The summed E-state index contributed by atoms with van der Waals surface area (Å²) in [6.45, 7) is 3.21. The van der Waals surface area contributed by atoms with Gasteiger partial charge in [-0.2, -0.15) is 0 Å². The zero-order valence-corrected chi connectivity index (χ0v) is 12.6. The van der Waals surface area contributed by atoms with E-state index in [1.165, 1.54) is 7.11 Å². The van der Waals surface area contributed by atoms with E-state index in [2.05, 4.69) is 10.0 Å². The van der Waals surface area contributed by atoms with E-state index in [1.54, 1.807) is 18.2 Å². The molecular weight excluding hydrogens is 288 g/mol. The molecule has 1 aromatic carbocycles. The first-order valence-corrected chi connectivity index (χ1v) is 8.02. The molecule has 0 amide bonds. The summed E-state index contributed by atoms with van der Waals surface area (Å²) < 4.78 is 31.2. The van der Waals surface area contributed by atoms with E-state index < -0.39 is 10.0 Å². The molecule has 0 aliphatic carbocycles. The smallest absolute Gasteiger partial charge is 0.213 e. The molecule has 0 saturated carbocycles. The minimum Gasteiger partial charge on any atom is -0.496 e. The SMILES string of the molecule is CCNCCS(=O)(=O)NCc1c(Cl)cccc1OC. The molecule has 0 fully saturated rings. The van der Waals surface area contributed by atoms with Gasteiger partial charge in [-0.15, -0.1) is 0 Å². The van der Waals surface area contributed by atoms with Crippen LogP contribution in [0.3, 0.4) is 0 Å². The molecular formula is C12H19ClN2O3S. The van der Waals surface area contributed by atoms with Crippen molar-refractivity contribution < 1.29 is 13.2 Å². The van der Waals surface area contributed by atoms with E-state index in [4.69, 9.17) is 16.3 Å². The third kappa shape index (κ3) is 5.36. The molecule has 108 valence electrons. The lowest BCUT2D eigenvalue weighted by atomic mass is 10.2. The molecule has 0 unspecified atom stereocenters. The lowest BCUT2D eigenvalue weighted by Crippen LogP contribution is -2.31. The second-order valence-electron chi connectivity index (χ2n) is 3.91. The Hall–Kier alpha value is -0.820. The lowest BCUT2D eigenvalue weighted by molar-refractivity contribution is 0.409. The van der Waals surface area contributed by atoms with E-state index >= 15 is 0 Å². The van der Waals surface area contributed by atoms with Gasteiger partial charge in [0, 0.05) is 23.7 Å². The van der Waals surface area contributed by atoms with Crippen molar-refractivity contribution in [3.8, 4) is 5.75 Å². The van der Waals surface area contributed by atoms with Crippen LogP contribution in [-0.4, -0.2) is 34.4 Å². The van der Waals surface area contributed by atoms with Gasteiger partial charge in [0.25, 0.3) is 0 Å². The zero-order valence-electron chi connectivity index (χ0n) is 11.1. The van der Waals surface area contributed by atoms with Crippen LogP contribution in [0.5, 0.6) is 5.75 Å². The molecule has 1 aromatic rings. The molecule has 0 spiro atoms. The molecule has 0 atom stereocenters. The van der Waals surface area contributed by atoms with E-state index in [1.807, 2.05) is 6.92 Å². The van der Waals surface area contributed by atoms with Crippen molar-refractivity contribution in [2.24, 2.45) is 0 Å². The summed E-state index contributed by atoms with van der Waals surface area (Å²) in [7, 11) is -1.80. The number of benzene rings is 1. The zero-order chi connectivity index (χ0) is 14.3. The number of methoxy groups -OCH3 is 1. The molecule has 0 aromatic heterocycles. The molecule has 0 radical (unpaired) electrons. The second-order valence-corrected chi connectivity index (χ2v) is 6.25. The molecule has 1 rings (SSSR count). The van der Waals surface area contributed by atoms with Gasteiger partial charge in [-0.3, -0.25) is 0 Å². The summed E-state index contributed by atoms with van der Waals surface area (Å²) in [5.41, 5.74) is 0.638. The number of hydrogen-bond acceptors (Lipinski definition) is 4. The number of sulfonamides is 1. The minimum absolute atomic E-state index is 0.0353. The monoisotopic (exact) mass is 306 g/mol. The molecule has 2 N–H and O–H groups in total. The van der Waals surface area contributed by atoms with Crippen LogP contribution in [0.4, 0.5) is 0 Å². The topological polar surface area (TPSA) is 67.4 Å². The lowest BCUT2D eigenvalue weighted by Gasteiger charge is -2.11. The van der Waals surface area contributed by atoms with Crippen molar-refractivity contribution in [1.29, 1.82) is 0 Å². The van der Waals surface area contributed by atoms with Crippen molar-refractivity contribution in [3.63, 3.8) is 0 Å². The Morgan fingerprint density at radius 1 is 1.37 bits per heavy atom. The van der Waals surface area contributed by atoms with Crippen LogP contribution in [0, 0.1) is 0 Å². The fourth-order valence-corrected chi connectivity index (χ4v) is 2.69. The average molecular weight is 307 g/mol. The van der Waals surface area contributed by atoms with Crippen LogP contribution >= 0.6 is 11.6 Å². The molecule has 0 saturated heterocycles. The van der Waals surface area contributed by atoms with Crippen LogP contribution in [0.25, 0.3) is 0 Å². The summed E-state index contributed by atoms with van der Waals surface area (Å²) >= 11 is 6.04. The highest BCUT2D eigenvalue weighted by Crippen LogP contribution is 2.25. The molecule has 7 heteroatoms. The van der Waals surface area contributed by atoms with Crippen LogP contribution in [0.15, 0.2) is 18.2 Å². The summed E-state index contributed by atoms with van der Waals surface area (Å²) in [5, 5.41) is 3.45. The van der Waals surface area contributed by atoms with Crippen molar-refractivity contribution in [2.75, 3.05) is 26.0 Å². The fourth-order valence-electron chi connectivity index (χ4n) is 1.54. The van der Waals surface area contributed by atoms with Gasteiger partial charge in [-0.05, 0) is 18.7 Å². The van der Waals surface area contributed by atoms with Crippen LogP contribution in [0.1, 0.15) is 12.5 Å². The Morgan fingerprint density at radius 3 is 2.74 bits per heavy atom. The van der Waals surface area contributed by atoms with Gasteiger partial charge in [0.1, 0.15) is 5.75 Å². The quantitative estimate of drug-likeness (QED) is 0.712. The molecule has 0 aliphatic rings. The molecule has 0 bridgehead atoms. The number of halogens is 1. The first kappa shape index (κ1) is 16.2. The Bertz CT molecular complexity index is 506. The van der Waals surface area contributed by atoms with Gasteiger partial charge in [-0.1, -0.05) is 24.6 Å². The van der Waals surface area contributed by atoms with Gasteiger partial charge < -0.3 is 10.1 Å². The average Bonchev–Trinajstić information content (AvgIpc) is 2.37. The third-order valence-electron chi connectivity index (χ3n) is 2.56. The van der Waals surface area contributed by atoms with Crippen LogP contribution < -0.4 is 14.8 Å². The van der Waals surface area contributed by atoms with Gasteiger partial charge in [0.2, 0.25) is 10.0 Å². The standard InChI is InChI=1S/C12H19ClN2O3S/c1-3-14-7-8-19(16,17)15-9-10-11(13)5-4-6-12(10)18-2/h4-6,14-15H,3,7-9H2,1-2H3. The second kappa shape index (κ2) is 7.69. The van der Waals surface area contributed by atoms with Gasteiger partial charge in [0.05, 0.1) is 12.9 Å². The summed E-state index contributed by atoms with van der Waals surface area (Å²) in [5.74, 6) is 0.607. The van der Waals surface area contributed by atoms with Gasteiger partial charge in [-0.25, -0.2) is 13.1 Å². The highest BCUT2D eigenvalue weighted by atomic mass is 35.5. The minimum atomic E-state index is -3.32. The summed E-state index contributed by atoms with van der Waals surface area (Å²) in [4.78, 5) is 0. The van der Waals surface area contributed by atoms with Crippen molar-refractivity contribution in [1.82, 2.24) is 10.0 Å². The largest absolute Gasteiger partial charge is 0.496 e.